The van der Waals surface area contributed by atoms with E-state index in [1.807, 2.05) is 0 Å². The topological polar surface area (TPSA) is 70.1 Å². The number of aromatic nitrogens is 2. The molecule has 3 N–H and O–H groups in total. The number of hydrogen-bond acceptors (Lipinski definition) is 5. The van der Waals surface area contributed by atoms with E-state index in [1.165, 1.54) is 24.5 Å². The number of nitrogens with one attached hydrogen (secondary N) is 2. The lowest BCUT2D eigenvalue weighted by Gasteiger charge is -2.12. The van der Waals surface area contributed by atoms with Gasteiger partial charge in [0, 0.05) is 24.2 Å². The summed E-state index contributed by atoms with van der Waals surface area (Å²) in [5, 5.41) is 16.7. The van der Waals surface area contributed by atoms with Gasteiger partial charge in [0.25, 0.3) is 0 Å². The van der Waals surface area contributed by atoms with Crippen LogP contribution in [0.2, 0.25) is 0 Å². The number of aromatic hydroxyl groups is 1. The predicted molar refractivity (Wildman–Crippen MR) is 106 cm³/mol. The van der Waals surface area contributed by atoms with Gasteiger partial charge in [-0.25, -0.2) is 18.7 Å². The second kappa shape index (κ2) is 7.11. The highest BCUT2D eigenvalue weighted by atomic mass is 19.1. The summed E-state index contributed by atoms with van der Waals surface area (Å²) >= 11 is 0. The molecule has 140 valence electrons. The molecular formula is C21H16F2N4O. The highest BCUT2D eigenvalue weighted by molar-refractivity contribution is 5.94. The van der Waals surface area contributed by atoms with Crippen LogP contribution in [0.5, 0.6) is 5.75 Å². The average molecular weight is 378 g/mol. The Morgan fingerprint density at radius 1 is 0.929 bits per heavy atom. The molecule has 4 rings (SSSR count). The van der Waals surface area contributed by atoms with Crippen LogP contribution < -0.4 is 10.6 Å². The molecule has 1 heterocycles. The second-order valence-electron chi connectivity index (χ2n) is 6.16. The van der Waals surface area contributed by atoms with E-state index in [2.05, 4.69) is 20.6 Å². The maximum atomic E-state index is 14.1. The fourth-order valence-corrected chi connectivity index (χ4v) is 3.05. The summed E-state index contributed by atoms with van der Waals surface area (Å²) in [6, 6.07) is 13.8. The van der Waals surface area contributed by atoms with Crippen LogP contribution in [0.3, 0.4) is 0 Å². The van der Waals surface area contributed by atoms with E-state index in [1.54, 1.807) is 43.4 Å². The first-order valence-electron chi connectivity index (χ1n) is 8.54. The number of phenolic OH excluding ortho intramolecular Hbond substituents is 1. The third-order valence-corrected chi connectivity index (χ3v) is 4.40. The van der Waals surface area contributed by atoms with E-state index in [-0.39, 0.29) is 11.3 Å². The van der Waals surface area contributed by atoms with Crippen molar-refractivity contribution in [2.24, 2.45) is 0 Å². The molecule has 0 spiro atoms. The van der Waals surface area contributed by atoms with E-state index in [0.717, 1.165) is 0 Å². The predicted octanol–water partition coefficient (Wildman–Crippen LogP) is 5.07. The lowest BCUT2D eigenvalue weighted by atomic mass is 10.0. The highest BCUT2D eigenvalue weighted by Crippen LogP contribution is 2.33. The molecule has 7 heteroatoms. The molecule has 0 fully saturated rings. The van der Waals surface area contributed by atoms with Crippen molar-refractivity contribution in [2.75, 3.05) is 17.7 Å². The molecule has 0 bridgehead atoms. The van der Waals surface area contributed by atoms with Crippen molar-refractivity contribution in [1.29, 1.82) is 0 Å². The van der Waals surface area contributed by atoms with E-state index >= 15 is 0 Å². The van der Waals surface area contributed by atoms with Gasteiger partial charge < -0.3 is 15.7 Å². The van der Waals surface area contributed by atoms with Gasteiger partial charge in [0.1, 0.15) is 29.5 Å². The first-order valence-corrected chi connectivity index (χ1v) is 8.54. The van der Waals surface area contributed by atoms with Crippen molar-refractivity contribution >= 4 is 28.1 Å². The summed E-state index contributed by atoms with van der Waals surface area (Å²) in [5.74, 6) is -0.665. The third kappa shape index (κ3) is 3.18. The Balaban J connectivity index is 1.76. The third-order valence-electron chi connectivity index (χ3n) is 4.40. The fourth-order valence-electron chi connectivity index (χ4n) is 3.05. The lowest BCUT2D eigenvalue weighted by molar-refractivity contribution is 0.478. The molecule has 5 nitrogen and oxygen atoms in total. The minimum atomic E-state index is -0.626. The standard InChI is InChI=1S/C21H16F2N4O/c1-24-18-9-14-17(10-19(18)28)25-11-26-21(14)27-13-5-2-4-12(8-13)20-15(22)6-3-7-16(20)23/h2-11,24,28H,1H3,(H,25,26,27). The van der Waals surface area contributed by atoms with Crippen molar-refractivity contribution in [1.82, 2.24) is 9.97 Å². The normalized spacial score (nSPS) is 10.8. The number of fused-ring (bicyclic) bond motifs is 1. The van der Waals surface area contributed by atoms with Crippen molar-refractivity contribution in [3.05, 3.63) is 72.6 Å². The Morgan fingerprint density at radius 3 is 2.43 bits per heavy atom. The molecule has 0 amide bonds. The van der Waals surface area contributed by atoms with Crippen molar-refractivity contribution < 1.29 is 13.9 Å². The van der Waals surface area contributed by atoms with Crippen LogP contribution in [0.1, 0.15) is 0 Å². The van der Waals surface area contributed by atoms with Gasteiger partial charge >= 0.3 is 0 Å². The van der Waals surface area contributed by atoms with Crippen LogP contribution in [0, 0.1) is 11.6 Å². The summed E-state index contributed by atoms with van der Waals surface area (Å²) in [6.45, 7) is 0. The smallest absolute Gasteiger partial charge is 0.141 e. The molecule has 4 aromatic rings. The Bertz CT molecular complexity index is 1160. The number of rotatable bonds is 4. The first kappa shape index (κ1) is 17.7. The number of nitrogens with zero attached hydrogens (tertiary/aromatic N) is 2. The van der Waals surface area contributed by atoms with Gasteiger partial charge in [-0.05, 0) is 35.9 Å². The largest absolute Gasteiger partial charge is 0.506 e. The zero-order chi connectivity index (χ0) is 19.7. The van der Waals surface area contributed by atoms with Crippen LogP contribution in [-0.4, -0.2) is 22.1 Å². The molecule has 0 aliphatic carbocycles. The number of hydrogen-bond donors (Lipinski definition) is 3. The molecule has 0 aliphatic heterocycles. The van der Waals surface area contributed by atoms with Gasteiger partial charge in [-0.2, -0.15) is 0 Å². The van der Waals surface area contributed by atoms with E-state index < -0.39 is 11.6 Å². The van der Waals surface area contributed by atoms with Crippen LogP contribution in [0.15, 0.2) is 60.9 Å². The maximum Gasteiger partial charge on any atom is 0.141 e. The van der Waals surface area contributed by atoms with Crippen LogP contribution in [0.25, 0.3) is 22.0 Å². The van der Waals surface area contributed by atoms with Gasteiger partial charge in [0.15, 0.2) is 0 Å². The molecule has 0 atom stereocenters. The second-order valence-corrected chi connectivity index (χ2v) is 6.16. The summed E-state index contributed by atoms with van der Waals surface area (Å²) in [4.78, 5) is 8.43. The highest BCUT2D eigenvalue weighted by Gasteiger charge is 2.13. The average Bonchev–Trinajstić information content (AvgIpc) is 2.68. The molecule has 28 heavy (non-hydrogen) atoms. The van der Waals surface area contributed by atoms with E-state index in [4.69, 9.17) is 0 Å². The molecular weight excluding hydrogens is 362 g/mol. The van der Waals surface area contributed by atoms with E-state index in [0.29, 0.717) is 33.7 Å². The van der Waals surface area contributed by atoms with Gasteiger partial charge in [0.05, 0.1) is 16.8 Å². The lowest BCUT2D eigenvalue weighted by Crippen LogP contribution is -1.98. The van der Waals surface area contributed by atoms with Crippen molar-refractivity contribution in [2.45, 2.75) is 0 Å². The molecule has 3 aromatic carbocycles. The number of anilines is 3. The minimum absolute atomic E-state index is 0.0803. The SMILES string of the molecule is CNc1cc2c(Nc3cccc(-c4c(F)cccc4F)c3)ncnc2cc1O. The van der Waals surface area contributed by atoms with Crippen molar-refractivity contribution in [3.8, 4) is 16.9 Å². The number of benzene rings is 3. The summed E-state index contributed by atoms with van der Waals surface area (Å²) in [5.41, 5.74) is 2.03. The number of phenols is 1. The molecule has 1 aromatic heterocycles. The first-order chi connectivity index (χ1) is 13.6. The summed E-state index contributed by atoms with van der Waals surface area (Å²) in [6.07, 6.45) is 1.38. The Hall–Kier alpha value is -3.74. The summed E-state index contributed by atoms with van der Waals surface area (Å²) < 4.78 is 28.2. The Labute approximate surface area is 159 Å². The maximum absolute atomic E-state index is 14.1. The van der Waals surface area contributed by atoms with Gasteiger partial charge in [-0.15, -0.1) is 0 Å². The number of halogens is 2. The molecule has 0 unspecified atom stereocenters. The summed E-state index contributed by atoms with van der Waals surface area (Å²) in [7, 11) is 1.70. The van der Waals surface area contributed by atoms with Gasteiger partial charge in [-0.1, -0.05) is 18.2 Å². The molecule has 0 saturated heterocycles. The molecule has 0 aliphatic rings. The van der Waals surface area contributed by atoms with Gasteiger partial charge in [0.2, 0.25) is 0 Å². The monoisotopic (exact) mass is 378 g/mol. The minimum Gasteiger partial charge on any atom is -0.506 e. The van der Waals surface area contributed by atoms with Crippen LogP contribution >= 0.6 is 0 Å². The van der Waals surface area contributed by atoms with Crippen LogP contribution in [0.4, 0.5) is 26.0 Å². The quantitative estimate of drug-likeness (QED) is 0.433. The van der Waals surface area contributed by atoms with Crippen LogP contribution in [-0.2, 0) is 0 Å². The molecule has 0 radical (unpaired) electrons. The Kier molecular flexibility index (Phi) is 4.49. The van der Waals surface area contributed by atoms with E-state index in [9.17, 15) is 13.9 Å². The fraction of sp³-hybridized carbons (Fsp3) is 0.0476. The molecule has 0 saturated carbocycles. The van der Waals surface area contributed by atoms with Gasteiger partial charge in [-0.3, -0.25) is 0 Å². The van der Waals surface area contributed by atoms with Crippen molar-refractivity contribution in [3.63, 3.8) is 0 Å². The zero-order valence-corrected chi connectivity index (χ0v) is 14.9. The zero-order valence-electron chi connectivity index (χ0n) is 14.9. The Morgan fingerprint density at radius 2 is 1.68 bits per heavy atom.